The lowest BCUT2D eigenvalue weighted by Gasteiger charge is -2.27. The van der Waals surface area contributed by atoms with Crippen molar-refractivity contribution in [1.82, 2.24) is 5.32 Å². The number of amides is 1. The van der Waals surface area contributed by atoms with E-state index in [1.807, 2.05) is 38.1 Å². The molecule has 0 saturated carbocycles. The van der Waals surface area contributed by atoms with Gasteiger partial charge in [-0.05, 0) is 44.4 Å². The Kier molecular flexibility index (Phi) is 5.40. The summed E-state index contributed by atoms with van der Waals surface area (Å²) >= 11 is 0. The molecule has 0 saturated heterocycles. The Labute approximate surface area is 116 Å². The molecule has 1 atom stereocenters. The highest BCUT2D eigenvalue weighted by Crippen LogP contribution is 2.24. The molecule has 19 heavy (non-hydrogen) atoms. The fraction of sp³-hybridized carbons (Fsp3) is 0.562. The van der Waals surface area contributed by atoms with Crippen molar-refractivity contribution in [2.75, 3.05) is 5.73 Å². The summed E-state index contributed by atoms with van der Waals surface area (Å²) in [6, 6.07) is 7.80. The number of nitrogen functional groups attached to an aromatic ring is 1. The Bertz CT molecular complexity index is 409. The number of benzene rings is 1. The van der Waals surface area contributed by atoms with E-state index < -0.39 is 5.41 Å². The van der Waals surface area contributed by atoms with Gasteiger partial charge >= 0.3 is 0 Å². The fourth-order valence-electron chi connectivity index (χ4n) is 2.12. The highest BCUT2D eigenvalue weighted by atomic mass is 16.2. The van der Waals surface area contributed by atoms with E-state index in [2.05, 4.69) is 19.2 Å². The summed E-state index contributed by atoms with van der Waals surface area (Å²) in [4.78, 5) is 12.5. The van der Waals surface area contributed by atoms with Crippen LogP contribution >= 0.6 is 0 Å². The number of carbonyl (C=O) groups is 1. The first-order valence-electron chi connectivity index (χ1n) is 7.08. The third kappa shape index (κ3) is 3.98. The van der Waals surface area contributed by atoms with Gasteiger partial charge in [-0.15, -0.1) is 0 Å². The zero-order valence-corrected chi connectivity index (χ0v) is 12.5. The Morgan fingerprint density at radius 1 is 1.26 bits per heavy atom. The van der Waals surface area contributed by atoms with Gasteiger partial charge in [0.1, 0.15) is 0 Å². The molecule has 1 aromatic rings. The van der Waals surface area contributed by atoms with Crippen LogP contribution in [0.1, 0.15) is 52.5 Å². The molecule has 0 heterocycles. The number of nitrogens with one attached hydrogen (secondary N) is 1. The third-order valence-corrected chi connectivity index (χ3v) is 3.67. The van der Waals surface area contributed by atoms with Crippen LogP contribution in [0.3, 0.4) is 0 Å². The summed E-state index contributed by atoms with van der Waals surface area (Å²) in [5, 5.41) is 3.15. The summed E-state index contributed by atoms with van der Waals surface area (Å²) in [5.41, 5.74) is 6.87. The van der Waals surface area contributed by atoms with Gasteiger partial charge in [0.25, 0.3) is 0 Å². The SMILES string of the molecule is CCCC(CC)NC(=O)C(C)(C)c1ccc(N)cc1. The van der Waals surface area contributed by atoms with Crippen molar-refractivity contribution in [2.24, 2.45) is 0 Å². The Hall–Kier alpha value is -1.51. The van der Waals surface area contributed by atoms with E-state index in [0.717, 1.165) is 30.5 Å². The van der Waals surface area contributed by atoms with Crippen LogP contribution in [-0.2, 0) is 10.2 Å². The number of hydrogen-bond donors (Lipinski definition) is 2. The summed E-state index contributed by atoms with van der Waals surface area (Å²) in [6.45, 7) is 8.15. The summed E-state index contributed by atoms with van der Waals surface area (Å²) in [5.74, 6) is 0.0811. The number of hydrogen-bond acceptors (Lipinski definition) is 2. The lowest BCUT2D eigenvalue weighted by molar-refractivity contribution is -0.126. The summed E-state index contributed by atoms with van der Waals surface area (Å²) in [6.07, 6.45) is 3.08. The predicted molar refractivity (Wildman–Crippen MR) is 81.0 cm³/mol. The molecule has 0 radical (unpaired) electrons. The van der Waals surface area contributed by atoms with Gasteiger partial charge in [0.05, 0.1) is 5.41 Å². The lowest BCUT2D eigenvalue weighted by atomic mass is 9.83. The van der Waals surface area contributed by atoms with Crippen molar-refractivity contribution >= 4 is 11.6 Å². The zero-order valence-electron chi connectivity index (χ0n) is 12.5. The number of carbonyl (C=O) groups excluding carboxylic acids is 1. The normalized spacial score (nSPS) is 13.1. The van der Waals surface area contributed by atoms with Gasteiger partial charge in [-0.1, -0.05) is 32.4 Å². The smallest absolute Gasteiger partial charge is 0.230 e. The monoisotopic (exact) mass is 262 g/mol. The average molecular weight is 262 g/mol. The van der Waals surface area contributed by atoms with Crippen LogP contribution in [0.5, 0.6) is 0 Å². The highest BCUT2D eigenvalue weighted by Gasteiger charge is 2.30. The van der Waals surface area contributed by atoms with E-state index in [9.17, 15) is 4.79 Å². The van der Waals surface area contributed by atoms with Crippen LogP contribution in [-0.4, -0.2) is 11.9 Å². The second-order valence-corrected chi connectivity index (χ2v) is 5.61. The topological polar surface area (TPSA) is 55.1 Å². The molecule has 3 nitrogen and oxygen atoms in total. The van der Waals surface area contributed by atoms with Crippen molar-refractivity contribution in [3.63, 3.8) is 0 Å². The first-order chi connectivity index (χ1) is 8.91. The van der Waals surface area contributed by atoms with Gasteiger partial charge in [-0.2, -0.15) is 0 Å². The molecule has 1 amide bonds. The lowest BCUT2D eigenvalue weighted by Crippen LogP contribution is -2.45. The third-order valence-electron chi connectivity index (χ3n) is 3.67. The minimum Gasteiger partial charge on any atom is -0.399 e. The molecule has 0 aliphatic carbocycles. The molecule has 0 aromatic heterocycles. The first kappa shape index (κ1) is 15.5. The van der Waals surface area contributed by atoms with Crippen molar-refractivity contribution < 1.29 is 4.79 Å². The number of nitrogens with two attached hydrogens (primary N) is 1. The second kappa shape index (κ2) is 6.60. The zero-order chi connectivity index (χ0) is 14.5. The van der Waals surface area contributed by atoms with Crippen LogP contribution in [0.2, 0.25) is 0 Å². The molecule has 0 aliphatic rings. The predicted octanol–water partition coefficient (Wildman–Crippen LogP) is 3.24. The first-order valence-corrected chi connectivity index (χ1v) is 7.08. The van der Waals surface area contributed by atoms with Crippen molar-refractivity contribution in [3.8, 4) is 0 Å². The van der Waals surface area contributed by atoms with E-state index in [4.69, 9.17) is 5.73 Å². The van der Waals surface area contributed by atoms with Gasteiger partial charge < -0.3 is 11.1 Å². The van der Waals surface area contributed by atoms with E-state index in [1.54, 1.807) is 0 Å². The van der Waals surface area contributed by atoms with E-state index in [-0.39, 0.29) is 11.9 Å². The molecular formula is C16H26N2O. The van der Waals surface area contributed by atoms with Crippen molar-refractivity contribution in [2.45, 2.75) is 58.4 Å². The van der Waals surface area contributed by atoms with Gasteiger partial charge in [0.2, 0.25) is 5.91 Å². The molecule has 3 N–H and O–H groups in total. The molecule has 0 aliphatic heterocycles. The average Bonchev–Trinajstić information content (AvgIpc) is 2.38. The quantitative estimate of drug-likeness (QED) is 0.773. The molecule has 0 spiro atoms. The summed E-state index contributed by atoms with van der Waals surface area (Å²) < 4.78 is 0. The minimum atomic E-state index is -0.533. The highest BCUT2D eigenvalue weighted by molar-refractivity contribution is 5.87. The molecule has 1 rings (SSSR count). The largest absolute Gasteiger partial charge is 0.399 e. The molecule has 1 aromatic carbocycles. The van der Waals surface area contributed by atoms with Gasteiger partial charge in [-0.3, -0.25) is 4.79 Å². The van der Waals surface area contributed by atoms with Gasteiger partial charge in [0, 0.05) is 11.7 Å². The van der Waals surface area contributed by atoms with Crippen molar-refractivity contribution in [3.05, 3.63) is 29.8 Å². The molecule has 3 heteroatoms. The van der Waals surface area contributed by atoms with Crippen LogP contribution < -0.4 is 11.1 Å². The van der Waals surface area contributed by atoms with E-state index >= 15 is 0 Å². The standard InChI is InChI=1S/C16H26N2O/c1-5-7-14(6-2)18-15(19)16(3,4)12-8-10-13(17)11-9-12/h8-11,14H,5-7,17H2,1-4H3,(H,18,19). The number of anilines is 1. The molecule has 106 valence electrons. The van der Waals surface area contributed by atoms with Gasteiger partial charge in [0.15, 0.2) is 0 Å². The van der Waals surface area contributed by atoms with E-state index in [0.29, 0.717) is 0 Å². The Morgan fingerprint density at radius 2 is 1.84 bits per heavy atom. The Balaban J connectivity index is 2.81. The summed E-state index contributed by atoms with van der Waals surface area (Å²) in [7, 11) is 0. The van der Waals surface area contributed by atoms with Crippen LogP contribution in [0.15, 0.2) is 24.3 Å². The van der Waals surface area contributed by atoms with Crippen LogP contribution in [0.25, 0.3) is 0 Å². The van der Waals surface area contributed by atoms with Gasteiger partial charge in [-0.25, -0.2) is 0 Å². The molecular weight excluding hydrogens is 236 g/mol. The van der Waals surface area contributed by atoms with Crippen molar-refractivity contribution in [1.29, 1.82) is 0 Å². The molecule has 0 fully saturated rings. The fourth-order valence-corrected chi connectivity index (χ4v) is 2.12. The second-order valence-electron chi connectivity index (χ2n) is 5.61. The number of rotatable bonds is 6. The maximum atomic E-state index is 12.5. The maximum absolute atomic E-state index is 12.5. The maximum Gasteiger partial charge on any atom is 0.230 e. The molecule has 0 bridgehead atoms. The van der Waals surface area contributed by atoms with Crippen LogP contribution in [0.4, 0.5) is 5.69 Å². The molecule has 1 unspecified atom stereocenters. The Morgan fingerprint density at radius 3 is 2.32 bits per heavy atom. The van der Waals surface area contributed by atoms with E-state index in [1.165, 1.54) is 0 Å². The van der Waals surface area contributed by atoms with Crippen LogP contribution in [0, 0.1) is 0 Å². The minimum absolute atomic E-state index is 0.0811.